The van der Waals surface area contributed by atoms with Crippen molar-refractivity contribution in [3.05, 3.63) is 40.5 Å². The number of rotatable bonds is 3. The second kappa shape index (κ2) is 7.27. The number of aromatic nitrogens is 1. The van der Waals surface area contributed by atoms with Crippen LogP contribution in [-0.4, -0.2) is 23.2 Å². The summed E-state index contributed by atoms with van der Waals surface area (Å²) in [6.45, 7) is 2.24. The van der Waals surface area contributed by atoms with Crippen molar-refractivity contribution in [3.8, 4) is 0 Å². The third-order valence-electron chi connectivity index (χ3n) is 4.07. The van der Waals surface area contributed by atoms with Gasteiger partial charge in [-0.3, -0.25) is 4.98 Å². The van der Waals surface area contributed by atoms with Crippen LogP contribution in [0.4, 0.5) is 10.7 Å². The van der Waals surface area contributed by atoms with E-state index >= 15 is 0 Å². The van der Waals surface area contributed by atoms with Gasteiger partial charge in [0.2, 0.25) is 0 Å². The lowest BCUT2D eigenvalue weighted by molar-refractivity contribution is 0.0601. The van der Waals surface area contributed by atoms with Crippen LogP contribution in [0.25, 0.3) is 0 Å². The quantitative estimate of drug-likeness (QED) is 0.639. The molecule has 3 rings (SSSR count). The molecule has 0 fully saturated rings. The minimum Gasteiger partial charge on any atom is -0.465 e. The lowest BCUT2D eigenvalue weighted by Gasteiger charge is -2.18. The van der Waals surface area contributed by atoms with E-state index < -0.39 is 0 Å². The van der Waals surface area contributed by atoms with Gasteiger partial charge in [0.15, 0.2) is 5.11 Å². The smallest absolute Gasteiger partial charge is 0.341 e. The first-order valence-electron chi connectivity index (χ1n) is 7.79. The lowest BCUT2D eigenvalue weighted by atomic mass is 9.88. The largest absolute Gasteiger partial charge is 0.465 e. The van der Waals surface area contributed by atoms with Gasteiger partial charge in [-0.15, -0.1) is 11.3 Å². The van der Waals surface area contributed by atoms with Crippen molar-refractivity contribution in [2.24, 2.45) is 5.92 Å². The maximum absolute atomic E-state index is 12.3. The summed E-state index contributed by atoms with van der Waals surface area (Å²) >= 11 is 6.97. The normalized spacial score (nSPS) is 16.2. The van der Waals surface area contributed by atoms with Gasteiger partial charge in [-0.05, 0) is 55.1 Å². The number of methoxy groups -OCH3 is 1. The van der Waals surface area contributed by atoms with E-state index in [0.29, 0.717) is 16.6 Å². The Labute approximate surface area is 150 Å². The fourth-order valence-corrected chi connectivity index (χ4v) is 4.55. The minimum atomic E-state index is -0.309. The number of carbonyl (C=O) groups excluding carboxylic acids is 1. The molecule has 2 heterocycles. The van der Waals surface area contributed by atoms with Gasteiger partial charge >= 0.3 is 5.97 Å². The molecule has 0 aromatic carbocycles. The molecular weight excluding hydrogens is 342 g/mol. The monoisotopic (exact) mass is 361 g/mol. The summed E-state index contributed by atoms with van der Waals surface area (Å²) in [4.78, 5) is 17.5. The summed E-state index contributed by atoms with van der Waals surface area (Å²) in [6.07, 6.45) is 6.37. The zero-order valence-corrected chi connectivity index (χ0v) is 15.2. The van der Waals surface area contributed by atoms with Crippen LogP contribution in [0.2, 0.25) is 0 Å². The average Bonchev–Trinajstić information content (AvgIpc) is 2.91. The van der Waals surface area contributed by atoms with Gasteiger partial charge in [0.1, 0.15) is 5.00 Å². The molecule has 24 heavy (non-hydrogen) atoms. The van der Waals surface area contributed by atoms with E-state index in [9.17, 15) is 4.79 Å². The Morgan fingerprint density at radius 3 is 2.83 bits per heavy atom. The van der Waals surface area contributed by atoms with Crippen molar-refractivity contribution in [1.82, 2.24) is 4.98 Å². The van der Waals surface area contributed by atoms with Gasteiger partial charge in [0, 0.05) is 23.0 Å². The topological polar surface area (TPSA) is 63.2 Å². The van der Waals surface area contributed by atoms with Crippen LogP contribution < -0.4 is 10.6 Å². The maximum Gasteiger partial charge on any atom is 0.341 e. The Bertz CT molecular complexity index is 759. The molecular formula is C17H19N3O2S2. The fraction of sp³-hybridized carbons (Fsp3) is 0.353. The van der Waals surface area contributed by atoms with Crippen molar-refractivity contribution in [3.63, 3.8) is 0 Å². The van der Waals surface area contributed by atoms with E-state index in [1.807, 2.05) is 12.1 Å². The Morgan fingerprint density at radius 2 is 2.12 bits per heavy atom. The summed E-state index contributed by atoms with van der Waals surface area (Å²) in [5.74, 6) is 0.327. The molecule has 0 spiro atoms. The highest BCUT2D eigenvalue weighted by atomic mass is 32.1. The Kier molecular flexibility index (Phi) is 5.11. The first-order valence-corrected chi connectivity index (χ1v) is 9.01. The Morgan fingerprint density at radius 1 is 1.38 bits per heavy atom. The molecule has 126 valence electrons. The van der Waals surface area contributed by atoms with E-state index in [2.05, 4.69) is 22.5 Å². The summed E-state index contributed by atoms with van der Waals surface area (Å²) in [5.41, 5.74) is 2.58. The second-order valence-corrected chi connectivity index (χ2v) is 7.38. The van der Waals surface area contributed by atoms with E-state index in [-0.39, 0.29) is 5.97 Å². The standard InChI is InChI=1S/C17H19N3O2S2/c1-10-3-4-12-13(9-10)24-15(14(12)16(21)22-2)20-17(23)19-11-5-7-18-8-6-11/h5-8,10H,3-4,9H2,1-2H3,(H2,18,19,20,23). The van der Waals surface area contributed by atoms with Crippen LogP contribution in [0.15, 0.2) is 24.5 Å². The average molecular weight is 361 g/mol. The van der Waals surface area contributed by atoms with Crippen molar-refractivity contribution < 1.29 is 9.53 Å². The van der Waals surface area contributed by atoms with Crippen molar-refractivity contribution in [2.75, 3.05) is 17.7 Å². The highest BCUT2D eigenvalue weighted by Gasteiger charge is 2.28. The second-order valence-electron chi connectivity index (χ2n) is 5.86. The van der Waals surface area contributed by atoms with Crippen molar-refractivity contribution in [1.29, 1.82) is 0 Å². The van der Waals surface area contributed by atoms with Gasteiger partial charge in [-0.25, -0.2) is 4.79 Å². The summed E-state index contributed by atoms with van der Waals surface area (Å²) in [5, 5.41) is 7.46. The van der Waals surface area contributed by atoms with Crippen LogP contribution in [0.3, 0.4) is 0 Å². The number of fused-ring (bicyclic) bond motifs is 1. The first-order chi connectivity index (χ1) is 11.6. The number of nitrogens with zero attached hydrogens (tertiary/aromatic N) is 1. The SMILES string of the molecule is COC(=O)c1c(NC(=S)Nc2ccncc2)sc2c1CCC(C)C2. The van der Waals surface area contributed by atoms with Gasteiger partial charge in [-0.2, -0.15) is 0 Å². The Hall–Kier alpha value is -1.99. The van der Waals surface area contributed by atoms with Crippen LogP contribution in [0.1, 0.15) is 34.1 Å². The zero-order chi connectivity index (χ0) is 17.1. The lowest BCUT2D eigenvalue weighted by Crippen LogP contribution is -2.20. The molecule has 2 aromatic rings. The summed E-state index contributed by atoms with van der Waals surface area (Å²) in [6, 6.07) is 3.66. The molecule has 7 heteroatoms. The molecule has 1 aliphatic rings. The van der Waals surface area contributed by atoms with Crippen LogP contribution >= 0.6 is 23.6 Å². The number of carbonyl (C=O) groups is 1. The molecule has 1 atom stereocenters. The molecule has 0 amide bonds. The van der Waals surface area contributed by atoms with Crippen LogP contribution in [0.5, 0.6) is 0 Å². The molecule has 0 saturated carbocycles. The van der Waals surface area contributed by atoms with Crippen molar-refractivity contribution in [2.45, 2.75) is 26.2 Å². The number of thiocarbonyl (C=S) groups is 1. The zero-order valence-electron chi connectivity index (χ0n) is 13.6. The maximum atomic E-state index is 12.3. The molecule has 1 unspecified atom stereocenters. The third-order valence-corrected chi connectivity index (χ3v) is 5.44. The van der Waals surface area contributed by atoms with E-state index in [0.717, 1.165) is 35.5 Å². The summed E-state index contributed by atoms with van der Waals surface area (Å²) in [7, 11) is 1.41. The Balaban J connectivity index is 1.84. The number of anilines is 2. The minimum absolute atomic E-state index is 0.309. The molecule has 0 saturated heterocycles. The molecule has 0 bridgehead atoms. The first kappa shape index (κ1) is 16.9. The number of pyridine rings is 1. The van der Waals surface area contributed by atoms with Crippen LogP contribution in [-0.2, 0) is 17.6 Å². The highest BCUT2D eigenvalue weighted by molar-refractivity contribution is 7.80. The van der Waals surface area contributed by atoms with Gasteiger partial charge in [0.25, 0.3) is 0 Å². The van der Waals surface area contributed by atoms with E-state index in [1.54, 1.807) is 23.7 Å². The number of hydrogen-bond acceptors (Lipinski definition) is 5. The molecule has 1 aliphatic carbocycles. The van der Waals surface area contributed by atoms with E-state index in [4.69, 9.17) is 17.0 Å². The fourth-order valence-electron chi connectivity index (χ4n) is 2.86. The summed E-state index contributed by atoms with van der Waals surface area (Å²) < 4.78 is 4.98. The molecule has 0 aliphatic heterocycles. The van der Waals surface area contributed by atoms with Gasteiger partial charge < -0.3 is 15.4 Å². The van der Waals surface area contributed by atoms with E-state index in [1.165, 1.54) is 12.0 Å². The van der Waals surface area contributed by atoms with Crippen molar-refractivity contribution >= 4 is 45.3 Å². The number of ether oxygens (including phenoxy) is 1. The number of thiophene rings is 1. The molecule has 5 nitrogen and oxygen atoms in total. The predicted octanol–water partition coefficient (Wildman–Crippen LogP) is 3.86. The number of hydrogen-bond donors (Lipinski definition) is 2. The number of esters is 1. The van der Waals surface area contributed by atoms with Gasteiger partial charge in [0.05, 0.1) is 12.7 Å². The molecule has 0 radical (unpaired) electrons. The predicted molar refractivity (Wildman–Crippen MR) is 101 cm³/mol. The van der Waals surface area contributed by atoms with Gasteiger partial charge in [-0.1, -0.05) is 6.92 Å². The third kappa shape index (κ3) is 3.57. The molecule has 2 aromatic heterocycles. The number of nitrogens with one attached hydrogen (secondary N) is 2. The van der Waals surface area contributed by atoms with Crippen LogP contribution in [0, 0.1) is 5.92 Å². The molecule has 2 N–H and O–H groups in total. The highest BCUT2D eigenvalue weighted by Crippen LogP contribution is 2.40.